The Morgan fingerprint density at radius 3 is 2.35 bits per heavy atom. The zero-order valence-electron chi connectivity index (χ0n) is 10.7. The maximum absolute atomic E-state index is 13.8. The minimum absolute atomic E-state index is 0.133. The summed E-state index contributed by atoms with van der Waals surface area (Å²) < 4.78 is 26.6. The van der Waals surface area contributed by atoms with E-state index >= 15 is 0 Å². The maximum Gasteiger partial charge on any atom is 0.187 e. The number of carbonyl (C=O) groups is 1. The molecule has 0 fully saturated rings. The van der Waals surface area contributed by atoms with Crippen LogP contribution in [0, 0.1) is 29.9 Å². The van der Waals surface area contributed by atoms with Crippen LogP contribution >= 0.6 is 0 Å². The standard InChI is InChI=1S/C16H11F2NO/c1-10-2-7-13(15(18)8-10)16(20)14(9-19)11-3-5-12(17)6-4-11/h2-8,14H,1H3. The number of ketones is 1. The van der Waals surface area contributed by atoms with E-state index in [1.165, 1.54) is 36.4 Å². The van der Waals surface area contributed by atoms with Crippen molar-refractivity contribution in [3.63, 3.8) is 0 Å². The summed E-state index contributed by atoms with van der Waals surface area (Å²) in [7, 11) is 0. The molecule has 0 aliphatic rings. The van der Waals surface area contributed by atoms with Gasteiger partial charge in [0.05, 0.1) is 11.6 Å². The topological polar surface area (TPSA) is 40.9 Å². The average Bonchev–Trinajstić information content (AvgIpc) is 2.41. The summed E-state index contributed by atoms with van der Waals surface area (Å²) in [6.07, 6.45) is 0. The van der Waals surface area contributed by atoms with Crippen LogP contribution in [0.2, 0.25) is 0 Å². The minimum Gasteiger partial charge on any atom is -0.292 e. The van der Waals surface area contributed by atoms with Gasteiger partial charge >= 0.3 is 0 Å². The highest BCUT2D eigenvalue weighted by molar-refractivity contribution is 6.03. The van der Waals surface area contributed by atoms with Gasteiger partial charge in [-0.1, -0.05) is 18.2 Å². The Kier molecular flexibility index (Phi) is 3.90. The Balaban J connectivity index is 2.39. The molecule has 2 aromatic rings. The Hall–Kier alpha value is -2.54. The van der Waals surface area contributed by atoms with Crippen molar-refractivity contribution in [3.05, 3.63) is 70.8 Å². The number of hydrogen-bond donors (Lipinski definition) is 0. The number of nitrogens with zero attached hydrogens (tertiary/aromatic N) is 1. The van der Waals surface area contributed by atoms with Crippen molar-refractivity contribution in [3.8, 4) is 6.07 Å². The Bertz CT molecular complexity index is 687. The molecule has 0 amide bonds. The van der Waals surface area contributed by atoms with Crippen LogP contribution in [0.5, 0.6) is 0 Å². The highest BCUT2D eigenvalue weighted by Crippen LogP contribution is 2.22. The van der Waals surface area contributed by atoms with Gasteiger partial charge < -0.3 is 0 Å². The number of benzene rings is 2. The zero-order chi connectivity index (χ0) is 14.7. The second-order valence-corrected chi connectivity index (χ2v) is 4.46. The van der Waals surface area contributed by atoms with E-state index in [0.717, 1.165) is 0 Å². The number of aryl methyl sites for hydroxylation is 1. The first-order valence-corrected chi connectivity index (χ1v) is 5.98. The summed E-state index contributed by atoms with van der Waals surface area (Å²) in [4.78, 5) is 12.2. The summed E-state index contributed by atoms with van der Waals surface area (Å²) in [6.45, 7) is 1.71. The molecule has 1 unspecified atom stereocenters. The van der Waals surface area contributed by atoms with Crippen molar-refractivity contribution < 1.29 is 13.6 Å². The summed E-state index contributed by atoms with van der Waals surface area (Å²) in [5.41, 5.74) is 0.902. The Labute approximate surface area is 115 Å². The van der Waals surface area contributed by atoms with Crippen molar-refractivity contribution in [2.75, 3.05) is 0 Å². The van der Waals surface area contributed by atoms with Gasteiger partial charge in [-0.3, -0.25) is 4.79 Å². The fourth-order valence-corrected chi connectivity index (χ4v) is 1.92. The third kappa shape index (κ3) is 2.72. The first-order chi connectivity index (χ1) is 9.52. The Morgan fingerprint density at radius 2 is 1.80 bits per heavy atom. The molecule has 0 saturated carbocycles. The molecule has 0 bridgehead atoms. The summed E-state index contributed by atoms with van der Waals surface area (Å²) in [5, 5.41) is 9.14. The number of Topliss-reactive ketones (excluding diaryl/α,β-unsaturated/α-hetero) is 1. The Morgan fingerprint density at radius 1 is 1.15 bits per heavy atom. The lowest BCUT2D eigenvalue weighted by Crippen LogP contribution is -2.13. The van der Waals surface area contributed by atoms with Crippen LogP contribution in [0.4, 0.5) is 8.78 Å². The van der Waals surface area contributed by atoms with Gasteiger partial charge in [-0.2, -0.15) is 5.26 Å². The van der Waals surface area contributed by atoms with Crippen LogP contribution in [0.15, 0.2) is 42.5 Å². The quantitative estimate of drug-likeness (QED) is 0.797. The minimum atomic E-state index is -1.15. The van der Waals surface area contributed by atoms with Gasteiger partial charge in [-0.05, 0) is 42.3 Å². The van der Waals surface area contributed by atoms with Crippen LogP contribution < -0.4 is 0 Å². The fraction of sp³-hybridized carbons (Fsp3) is 0.125. The SMILES string of the molecule is Cc1ccc(C(=O)C(C#N)c2ccc(F)cc2)c(F)c1. The molecule has 0 aliphatic heterocycles. The zero-order valence-corrected chi connectivity index (χ0v) is 10.7. The van der Waals surface area contributed by atoms with Crippen LogP contribution in [0.1, 0.15) is 27.4 Å². The summed E-state index contributed by atoms with van der Waals surface area (Å²) >= 11 is 0. The van der Waals surface area contributed by atoms with Crippen molar-refractivity contribution in [2.45, 2.75) is 12.8 Å². The van der Waals surface area contributed by atoms with Gasteiger partial charge in [0, 0.05) is 0 Å². The molecule has 0 aromatic heterocycles. The molecule has 20 heavy (non-hydrogen) atoms. The molecule has 2 aromatic carbocycles. The van der Waals surface area contributed by atoms with Crippen molar-refractivity contribution in [1.82, 2.24) is 0 Å². The second kappa shape index (κ2) is 5.62. The lowest BCUT2D eigenvalue weighted by molar-refractivity contribution is 0.0975. The molecule has 2 nitrogen and oxygen atoms in total. The predicted octanol–water partition coefficient (Wildman–Crippen LogP) is 3.76. The van der Waals surface area contributed by atoms with Crippen LogP contribution in [0.3, 0.4) is 0 Å². The van der Waals surface area contributed by atoms with E-state index in [4.69, 9.17) is 5.26 Å². The van der Waals surface area contributed by atoms with E-state index in [1.807, 2.05) is 6.07 Å². The molecule has 100 valence electrons. The molecule has 2 rings (SSSR count). The predicted molar refractivity (Wildman–Crippen MR) is 70.2 cm³/mol. The molecule has 1 atom stereocenters. The van der Waals surface area contributed by atoms with Crippen LogP contribution in [-0.4, -0.2) is 5.78 Å². The van der Waals surface area contributed by atoms with E-state index in [0.29, 0.717) is 11.1 Å². The van der Waals surface area contributed by atoms with Gasteiger partial charge in [0.1, 0.15) is 17.6 Å². The number of rotatable bonds is 3. The smallest absolute Gasteiger partial charge is 0.187 e. The third-order valence-electron chi connectivity index (χ3n) is 2.98. The van der Waals surface area contributed by atoms with Gasteiger partial charge in [0.2, 0.25) is 0 Å². The lowest BCUT2D eigenvalue weighted by Gasteiger charge is -2.09. The average molecular weight is 271 g/mol. The normalized spacial score (nSPS) is 11.7. The number of hydrogen-bond acceptors (Lipinski definition) is 2. The maximum atomic E-state index is 13.8. The first kappa shape index (κ1) is 13.9. The molecule has 4 heteroatoms. The molecule has 0 N–H and O–H groups in total. The van der Waals surface area contributed by atoms with E-state index in [2.05, 4.69) is 0 Å². The van der Waals surface area contributed by atoms with Crippen molar-refractivity contribution >= 4 is 5.78 Å². The number of nitriles is 1. The first-order valence-electron chi connectivity index (χ1n) is 5.98. The van der Waals surface area contributed by atoms with Crippen molar-refractivity contribution in [1.29, 1.82) is 5.26 Å². The van der Waals surface area contributed by atoms with Crippen LogP contribution in [0.25, 0.3) is 0 Å². The van der Waals surface area contributed by atoms with E-state index < -0.39 is 23.3 Å². The number of halogens is 2. The molecule has 0 aliphatic carbocycles. The van der Waals surface area contributed by atoms with E-state index in [1.54, 1.807) is 13.0 Å². The van der Waals surface area contributed by atoms with E-state index in [9.17, 15) is 13.6 Å². The third-order valence-corrected chi connectivity index (χ3v) is 2.98. The molecular weight excluding hydrogens is 260 g/mol. The number of carbonyl (C=O) groups excluding carboxylic acids is 1. The van der Waals surface area contributed by atoms with Gasteiger partial charge in [-0.25, -0.2) is 8.78 Å². The largest absolute Gasteiger partial charge is 0.292 e. The fourth-order valence-electron chi connectivity index (χ4n) is 1.92. The van der Waals surface area contributed by atoms with Gasteiger partial charge in [0.25, 0.3) is 0 Å². The van der Waals surface area contributed by atoms with Crippen LogP contribution in [-0.2, 0) is 0 Å². The van der Waals surface area contributed by atoms with E-state index in [-0.39, 0.29) is 5.56 Å². The molecule has 0 spiro atoms. The summed E-state index contributed by atoms with van der Waals surface area (Å²) in [6, 6.07) is 11.1. The summed E-state index contributed by atoms with van der Waals surface area (Å²) in [5.74, 6) is -2.89. The molecule has 0 saturated heterocycles. The highest BCUT2D eigenvalue weighted by Gasteiger charge is 2.24. The van der Waals surface area contributed by atoms with Gasteiger partial charge in [-0.15, -0.1) is 0 Å². The lowest BCUT2D eigenvalue weighted by atomic mass is 9.91. The monoisotopic (exact) mass is 271 g/mol. The molecular formula is C16H11F2NO. The van der Waals surface area contributed by atoms with Gasteiger partial charge in [0.15, 0.2) is 5.78 Å². The van der Waals surface area contributed by atoms with Crippen molar-refractivity contribution in [2.24, 2.45) is 0 Å². The second-order valence-electron chi connectivity index (χ2n) is 4.46. The highest BCUT2D eigenvalue weighted by atomic mass is 19.1. The molecule has 0 heterocycles. The molecule has 0 radical (unpaired) electrons.